The smallest absolute Gasteiger partial charge is 0.387 e. The van der Waals surface area contributed by atoms with Crippen molar-refractivity contribution in [1.82, 2.24) is 24.4 Å². The number of imidazole rings is 1. The second-order valence-electron chi connectivity index (χ2n) is 10.5. The monoisotopic (exact) mass is 669 g/mol. The van der Waals surface area contributed by atoms with E-state index < -0.39 is 89.8 Å². The van der Waals surface area contributed by atoms with Crippen LogP contribution in [0.25, 0.3) is 11.2 Å². The molecule has 2 aromatic rings. The number of hydrogen-bond donors (Lipinski definition) is 8. The molecule has 44 heavy (non-hydrogen) atoms. The lowest BCUT2D eigenvalue weighted by molar-refractivity contribution is -0.131. The summed E-state index contributed by atoms with van der Waals surface area (Å²) < 4.78 is 51.0. The molecule has 2 unspecified atom stereocenters. The average Bonchev–Trinajstić information content (AvgIpc) is 3.61. The number of hydrogen-bond acceptors (Lipinski definition) is 17. The van der Waals surface area contributed by atoms with Crippen molar-refractivity contribution in [1.29, 1.82) is 0 Å². The van der Waals surface area contributed by atoms with Crippen molar-refractivity contribution in [3.05, 3.63) is 12.7 Å². The number of anilines is 1. The topological polar surface area (TPSA) is 318 Å². The molecule has 3 saturated heterocycles. The summed E-state index contributed by atoms with van der Waals surface area (Å²) in [6.45, 7) is -1.13. The Kier molecular flexibility index (Phi) is 9.72. The van der Waals surface area contributed by atoms with Crippen molar-refractivity contribution in [2.45, 2.75) is 61.9 Å². The van der Waals surface area contributed by atoms with Gasteiger partial charge in [0, 0.05) is 13.1 Å². The van der Waals surface area contributed by atoms with Crippen LogP contribution in [0.3, 0.4) is 0 Å². The molecule has 3 aliphatic rings. The van der Waals surface area contributed by atoms with Crippen molar-refractivity contribution < 1.29 is 67.0 Å². The number of phosphoric acid groups is 2. The third kappa shape index (κ3) is 6.96. The van der Waals surface area contributed by atoms with Gasteiger partial charge >= 0.3 is 15.6 Å². The number of aliphatic hydroxyl groups is 4. The average molecular weight is 669 g/mol. The van der Waals surface area contributed by atoms with Gasteiger partial charge in [-0.1, -0.05) is 0 Å². The minimum atomic E-state index is -5.35. The van der Waals surface area contributed by atoms with Crippen molar-refractivity contribution >= 4 is 38.5 Å². The van der Waals surface area contributed by atoms with E-state index in [4.69, 9.17) is 30.0 Å². The number of nitrogen functional groups attached to an aromatic ring is 1. The second-order valence-corrected chi connectivity index (χ2v) is 13.6. The van der Waals surface area contributed by atoms with Crippen LogP contribution in [0.2, 0.25) is 0 Å². The van der Waals surface area contributed by atoms with Gasteiger partial charge in [0.1, 0.15) is 54.7 Å². The molecule has 23 heteroatoms. The Labute approximate surface area is 248 Å². The highest BCUT2D eigenvalue weighted by Crippen LogP contribution is 2.60. The van der Waals surface area contributed by atoms with E-state index in [0.717, 1.165) is 6.33 Å². The van der Waals surface area contributed by atoms with Crippen LogP contribution in [0, 0.1) is 5.92 Å². The van der Waals surface area contributed by atoms with Gasteiger partial charge in [0.15, 0.2) is 17.7 Å². The predicted molar refractivity (Wildman–Crippen MR) is 142 cm³/mol. The normalized spacial score (nSPS) is 35.9. The molecule has 0 aliphatic carbocycles. The van der Waals surface area contributed by atoms with Gasteiger partial charge in [-0.2, -0.15) is 4.31 Å². The van der Waals surface area contributed by atoms with Crippen LogP contribution in [0.15, 0.2) is 12.7 Å². The molecule has 0 spiro atoms. The first-order chi connectivity index (χ1) is 20.7. The summed E-state index contributed by atoms with van der Waals surface area (Å²) in [5.74, 6) is -0.948. The molecular weight excluding hydrogens is 636 g/mol. The van der Waals surface area contributed by atoms with Crippen LogP contribution in [-0.2, 0) is 36.8 Å². The van der Waals surface area contributed by atoms with Crippen LogP contribution in [-0.4, -0.2) is 130 Å². The summed E-state index contributed by atoms with van der Waals surface area (Å²) in [5.41, 5.74) is 11.5. The molecule has 0 bridgehead atoms. The van der Waals surface area contributed by atoms with Crippen LogP contribution < -0.4 is 11.5 Å². The van der Waals surface area contributed by atoms with Gasteiger partial charge in [0.25, 0.3) is 0 Å². The lowest BCUT2D eigenvalue weighted by Crippen LogP contribution is -2.50. The van der Waals surface area contributed by atoms with Crippen LogP contribution in [0.4, 0.5) is 5.82 Å². The molecule has 5 heterocycles. The van der Waals surface area contributed by atoms with Gasteiger partial charge in [-0.25, -0.2) is 24.1 Å². The number of carbonyl (C=O) groups is 1. The number of fused-ring (bicyclic) bond motifs is 1. The Bertz CT molecular complexity index is 1450. The molecule has 11 atom stereocenters. The van der Waals surface area contributed by atoms with Crippen LogP contribution in [0.1, 0.15) is 19.1 Å². The first kappa shape index (κ1) is 33.2. The third-order valence-corrected chi connectivity index (χ3v) is 10.2. The summed E-state index contributed by atoms with van der Waals surface area (Å²) in [4.78, 5) is 45.1. The number of nitrogens with zero attached hydrogens (tertiary/aromatic N) is 5. The first-order valence-corrected chi connectivity index (χ1v) is 16.3. The van der Waals surface area contributed by atoms with E-state index in [1.165, 1.54) is 10.9 Å². The predicted octanol–water partition coefficient (Wildman–Crippen LogP) is -3.08. The highest BCUT2D eigenvalue weighted by atomic mass is 31.3. The van der Waals surface area contributed by atoms with E-state index in [2.05, 4.69) is 19.3 Å². The van der Waals surface area contributed by atoms with E-state index in [1.54, 1.807) is 4.90 Å². The van der Waals surface area contributed by atoms with Crippen LogP contribution >= 0.6 is 15.6 Å². The molecule has 3 aliphatic heterocycles. The zero-order chi connectivity index (χ0) is 32.0. The molecule has 0 aromatic carbocycles. The van der Waals surface area contributed by atoms with Crippen molar-refractivity contribution in [3.8, 4) is 0 Å². The fourth-order valence-electron chi connectivity index (χ4n) is 5.30. The van der Waals surface area contributed by atoms with Gasteiger partial charge < -0.3 is 51.2 Å². The fourth-order valence-corrected chi connectivity index (χ4v) is 7.40. The van der Waals surface area contributed by atoms with Gasteiger partial charge in [0.05, 0.1) is 25.5 Å². The molecule has 0 saturated carbocycles. The molecule has 10 N–H and O–H groups in total. The van der Waals surface area contributed by atoms with Crippen molar-refractivity contribution in [3.63, 3.8) is 0 Å². The molecule has 1 amide bonds. The minimum absolute atomic E-state index is 0.0565. The first-order valence-electron chi connectivity index (χ1n) is 13.3. The number of piperidine rings is 1. The van der Waals surface area contributed by atoms with E-state index >= 15 is 0 Å². The maximum absolute atomic E-state index is 12.4. The van der Waals surface area contributed by atoms with E-state index in [9.17, 15) is 44.1 Å². The summed E-state index contributed by atoms with van der Waals surface area (Å²) in [7, 11) is -10.7. The lowest BCUT2D eigenvalue weighted by Gasteiger charge is -2.36. The number of amides is 1. The number of ether oxygens (including phenoxy) is 2. The second kappa shape index (κ2) is 12.9. The standard InChI is InChI=1S/C21H33N7O14P2/c22-17-12-19(25-7-24-17)28(8-26-12)21-16(32)14(30)11(41-21)6-39-44(36,37)42-43(34,35)38-5-10-13(29)15(31)20(40-10)27-3-1-2-9(4-27)18(23)33/h7-11,13-16,20-21,29-32H,1-6H2,(H2,23,33)(H,34,35)(H,36,37)(H2,22,24,25)/t9-,10+,11+,13+,14+,15+,16+,20+,21+/m0/s1. The molecule has 5 rings (SSSR count). The number of aromatic nitrogens is 4. The number of primary amides is 1. The molecule has 3 fully saturated rings. The maximum atomic E-state index is 12.4. The molecule has 0 radical (unpaired) electrons. The number of rotatable bonds is 11. The van der Waals surface area contributed by atoms with Crippen molar-refractivity contribution in [2.75, 3.05) is 32.0 Å². The number of aliphatic hydroxyl groups excluding tert-OH is 4. The fraction of sp³-hybridized carbons (Fsp3) is 0.714. The number of likely N-dealkylation sites (tertiary alicyclic amines) is 1. The van der Waals surface area contributed by atoms with Crippen LogP contribution in [0.5, 0.6) is 0 Å². The Hall–Kier alpha value is -2.20. The molecule has 246 valence electrons. The van der Waals surface area contributed by atoms with Gasteiger partial charge in [-0.3, -0.25) is 23.3 Å². The highest BCUT2D eigenvalue weighted by molar-refractivity contribution is 7.61. The Morgan fingerprint density at radius 3 is 2.16 bits per heavy atom. The molecule has 21 nitrogen and oxygen atoms in total. The summed E-state index contributed by atoms with van der Waals surface area (Å²) in [5, 5.41) is 41.8. The quantitative estimate of drug-likeness (QED) is 0.110. The number of carbonyl (C=O) groups excluding carboxylic acids is 1. The number of nitrogens with two attached hydrogens (primary N) is 2. The Morgan fingerprint density at radius 2 is 1.55 bits per heavy atom. The molecule has 2 aromatic heterocycles. The Morgan fingerprint density at radius 1 is 0.955 bits per heavy atom. The largest absolute Gasteiger partial charge is 0.481 e. The van der Waals surface area contributed by atoms with E-state index in [1.807, 2.05) is 0 Å². The lowest BCUT2D eigenvalue weighted by atomic mass is 9.96. The summed E-state index contributed by atoms with van der Waals surface area (Å²) >= 11 is 0. The van der Waals surface area contributed by atoms with Gasteiger partial charge in [0.2, 0.25) is 5.91 Å². The summed E-state index contributed by atoms with van der Waals surface area (Å²) in [6.07, 6.45) is -7.87. The third-order valence-electron chi connectivity index (χ3n) is 7.56. The SMILES string of the molecule is NC(=O)[C@H]1CCCN([C@@H]2O[C@H](COP(=O)(O)OP(=O)(O)OC[C@H]3O[C@@H](n4cnc5c(N)ncnc54)[C@H](O)[C@@H]3O)[C@@H](O)[C@H]2O)C1. The van der Waals surface area contributed by atoms with Gasteiger partial charge in [-0.05, 0) is 12.8 Å². The Balaban J connectivity index is 1.13. The number of phosphoric ester groups is 2. The molecular formula is C21H33N7O14P2. The zero-order valence-electron chi connectivity index (χ0n) is 22.8. The minimum Gasteiger partial charge on any atom is -0.387 e. The maximum Gasteiger partial charge on any atom is 0.481 e. The van der Waals surface area contributed by atoms with E-state index in [0.29, 0.717) is 19.4 Å². The summed E-state index contributed by atoms with van der Waals surface area (Å²) in [6, 6.07) is 0. The zero-order valence-corrected chi connectivity index (χ0v) is 24.6. The highest BCUT2D eigenvalue weighted by Gasteiger charge is 2.49. The van der Waals surface area contributed by atoms with Crippen molar-refractivity contribution in [2.24, 2.45) is 11.7 Å². The van der Waals surface area contributed by atoms with E-state index in [-0.39, 0.29) is 23.5 Å². The van der Waals surface area contributed by atoms with Gasteiger partial charge in [-0.15, -0.1) is 0 Å².